The number of aliphatic hydroxyl groups excluding tert-OH is 17. The predicted octanol–water partition coefficient (Wildman–Crippen LogP) is -8.93. The van der Waals surface area contributed by atoms with Crippen LogP contribution in [0.25, 0.3) is 0 Å². The van der Waals surface area contributed by atoms with Crippen molar-refractivity contribution in [2.75, 3.05) is 19.8 Å². The summed E-state index contributed by atoms with van der Waals surface area (Å²) in [6.45, 7) is -0.305. The highest BCUT2D eigenvalue weighted by molar-refractivity contribution is 5.72. The molecule has 0 spiro atoms. The van der Waals surface area contributed by atoms with Gasteiger partial charge >= 0.3 is 5.97 Å². The van der Waals surface area contributed by atoms with Crippen LogP contribution in [0.15, 0.2) is 0 Å². The Labute approximate surface area is 424 Å². The first kappa shape index (κ1) is 58.6. The van der Waals surface area contributed by atoms with Crippen molar-refractivity contribution in [2.45, 2.75) is 242 Å². The maximum Gasteiger partial charge on any atom is 0.309 e. The van der Waals surface area contributed by atoms with Crippen LogP contribution in [0.4, 0.5) is 0 Å². The first-order chi connectivity index (χ1) is 35.1. The van der Waals surface area contributed by atoms with Crippen molar-refractivity contribution < 1.29 is 139 Å². The van der Waals surface area contributed by atoms with Crippen molar-refractivity contribution in [3.63, 3.8) is 0 Å². The number of hydrogen-bond acceptors (Lipinski definition) is 27. The lowest BCUT2D eigenvalue weighted by Crippen LogP contribution is -2.64. The van der Waals surface area contributed by atoms with E-state index in [1.165, 1.54) is 6.92 Å². The summed E-state index contributed by atoms with van der Waals surface area (Å²) in [7, 11) is 0. The molecule has 3 aliphatic carbocycles. The number of hydrogen-bond donors (Lipinski definition) is 17. The number of carbonyl (C=O) groups excluding carboxylic acids is 1. The fraction of sp³-hybridized carbons (Fsp3) is 0.978. The largest absolute Gasteiger partial charge is 0.463 e. The monoisotopic (exact) mass is 1080 g/mol. The van der Waals surface area contributed by atoms with Crippen LogP contribution in [0, 0.1) is 17.8 Å². The van der Waals surface area contributed by atoms with Gasteiger partial charge in [0.2, 0.25) is 0 Å². The summed E-state index contributed by atoms with van der Waals surface area (Å²) in [5, 5.41) is 180. The second-order valence-electron chi connectivity index (χ2n) is 21.4. The third kappa shape index (κ3) is 12.6. The van der Waals surface area contributed by atoms with E-state index in [4.69, 9.17) is 47.4 Å². The third-order valence-electron chi connectivity index (χ3n) is 16.4. The van der Waals surface area contributed by atoms with Crippen LogP contribution in [-0.2, 0) is 47.4 Å². The number of ether oxygens (including phenoxy) is 10. The minimum Gasteiger partial charge on any atom is -0.463 e. The molecule has 5 heterocycles. The van der Waals surface area contributed by atoms with E-state index >= 15 is 0 Å². The molecule has 74 heavy (non-hydrogen) atoms. The van der Waals surface area contributed by atoms with Crippen LogP contribution < -0.4 is 0 Å². The zero-order chi connectivity index (χ0) is 53.6. The fourth-order valence-corrected chi connectivity index (χ4v) is 11.8. The van der Waals surface area contributed by atoms with Crippen molar-refractivity contribution in [1.29, 1.82) is 0 Å². The van der Waals surface area contributed by atoms with Crippen LogP contribution >= 0.6 is 0 Å². The topological polar surface area (TPSA) is 457 Å². The molecule has 3 saturated carbocycles. The van der Waals surface area contributed by atoms with E-state index < -0.39 is 221 Å². The first-order valence-corrected chi connectivity index (χ1v) is 25.6. The smallest absolute Gasteiger partial charge is 0.309 e. The lowest BCUT2D eigenvalue weighted by Gasteiger charge is -2.49. The van der Waals surface area contributed by atoms with E-state index in [0.29, 0.717) is 12.8 Å². The highest BCUT2D eigenvalue weighted by Gasteiger charge is 2.57. The highest BCUT2D eigenvalue weighted by atomic mass is 16.7. The molecule has 18 N–H and O–H groups in total. The maximum absolute atomic E-state index is 13.2. The lowest BCUT2D eigenvalue weighted by molar-refractivity contribution is -0.367. The molecule has 0 aromatic carbocycles. The van der Waals surface area contributed by atoms with Crippen LogP contribution in [0.2, 0.25) is 0 Å². The molecule has 0 radical (unpaired) electrons. The summed E-state index contributed by atoms with van der Waals surface area (Å²) in [5.41, 5.74) is 0. The lowest BCUT2D eigenvalue weighted by atomic mass is 9.72. The zero-order valence-electron chi connectivity index (χ0n) is 40.6. The summed E-state index contributed by atoms with van der Waals surface area (Å²) in [6, 6.07) is 0. The standard InChI is InChI=1S/C46H76O28/c1-14-28(51)33(56)37(60)43(67-14)66-13-27-32(55)36(59)40(63)46(74-27)71-24-10-19-20(48)8-18(9-23(19)70-41(24)16-6-21(49)29(52)22(50)7-16)69-45-39(62)35(58)31(54)26(73-45)12-65-42(64)15-2-4-17(5-3-15)68-44-38(61)34(57)30(53)25(11-47)72-44/h14-41,43-63H,2-13H2,1H3/p+1/t14-,15?,16?,17?,18?,19?,20?,21?,22?,23?,24?,25+,26+,27+,28-,29?,30+,31+,32+,33+,34-,35-,36-,37+,38+,39+,40+,41?,43+,44+,45+,46+/m0/s1. The van der Waals surface area contributed by atoms with E-state index in [2.05, 4.69) is 0 Å². The molecular weight excluding hydrogens is 1000 g/mol. The fourth-order valence-electron chi connectivity index (χ4n) is 11.8. The zero-order valence-corrected chi connectivity index (χ0v) is 40.6. The Hall–Kier alpha value is -1.57. The SMILES string of the molecule is C[C@@H]1O[C@@H](OC[C@H]2O[C@@H](OC3CC4C(O)CC(O[C@@H]5O[C@H](COC(=O)C6CCC(O[C@@H]7O[C@H](CO)[C@@H](O)[C@H](O)[C@H]7O)CC6)[C@@H](O)[C@H](O)[C@H]5O)CC4[OH+]C3C3CC(O)C(O)C(O)C3)[C@H](O)[C@@H](O)[C@@H]2O)[C@H](O)[C@H](O)[C@H]1O. The van der Waals surface area contributed by atoms with Gasteiger partial charge in [0.05, 0.1) is 61.7 Å². The van der Waals surface area contributed by atoms with Crippen LogP contribution in [-0.4, -0.2) is 295 Å². The minimum atomic E-state index is -1.86. The second-order valence-corrected chi connectivity index (χ2v) is 21.4. The van der Waals surface area contributed by atoms with E-state index in [-0.39, 0.29) is 44.9 Å². The Balaban J connectivity index is 0.873. The van der Waals surface area contributed by atoms with Gasteiger partial charge in [0.15, 0.2) is 37.4 Å². The molecule has 0 aromatic heterocycles. The van der Waals surface area contributed by atoms with Gasteiger partial charge in [0, 0.05) is 18.8 Å². The maximum atomic E-state index is 13.2. The average Bonchev–Trinajstić information content (AvgIpc) is 3.38. The van der Waals surface area contributed by atoms with Crippen LogP contribution in [0.1, 0.15) is 64.7 Å². The van der Waals surface area contributed by atoms with Gasteiger partial charge in [-0.15, -0.1) is 0 Å². The van der Waals surface area contributed by atoms with Crippen molar-refractivity contribution >= 4 is 5.97 Å². The Morgan fingerprint density at radius 2 is 0.986 bits per heavy atom. The van der Waals surface area contributed by atoms with Crippen molar-refractivity contribution in [3.8, 4) is 0 Å². The molecule has 8 rings (SSSR count). The van der Waals surface area contributed by atoms with Crippen LogP contribution in [0.3, 0.4) is 0 Å². The minimum absolute atomic E-state index is 0.0262. The molecule has 5 saturated heterocycles. The summed E-state index contributed by atoms with van der Waals surface area (Å²) in [6.07, 6.45) is -39.7. The molecule has 0 aromatic rings. The molecule has 28 nitrogen and oxygen atoms in total. The van der Waals surface area contributed by atoms with Crippen molar-refractivity contribution in [2.24, 2.45) is 17.8 Å². The van der Waals surface area contributed by atoms with Gasteiger partial charge in [-0.05, 0) is 51.9 Å². The van der Waals surface area contributed by atoms with Gasteiger partial charge in [-0.25, -0.2) is 0 Å². The van der Waals surface area contributed by atoms with Gasteiger partial charge in [0.25, 0.3) is 0 Å². The molecule has 28 atom stereocenters. The summed E-state index contributed by atoms with van der Waals surface area (Å²) in [4.78, 5) is 13.2. The molecule has 0 bridgehead atoms. The molecule has 8 aliphatic rings. The molecule has 0 amide bonds. The number of rotatable bonds is 14. The molecule has 8 unspecified atom stereocenters. The molecular formula is C46H77O28+. The Bertz CT molecular complexity index is 1770. The van der Waals surface area contributed by atoms with Crippen LogP contribution in [0.5, 0.6) is 0 Å². The Kier molecular flexibility index (Phi) is 19.7. The Morgan fingerprint density at radius 3 is 1.57 bits per heavy atom. The Morgan fingerprint density at radius 1 is 0.486 bits per heavy atom. The molecule has 5 aliphatic heterocycles. The van der Waals surface area contributed by atoms with Gasteiger partial charge in [-0.2, -0.15) is 0 Å². The summed E-state index contributed by atoms with van der Waals surface area (Å²) < 4.78 is 57.2. The van der Waals surface area contributed by atoms with E-state index in [9.17, 15) is 91.6 Å². The van der Waals surface area contributed by atoms with Crippen molar-refractivity contribution in [3.05, 3.63) is 0 Å². The van der Waals surface area contributed by atoms with E-state index in [0.717, 1.165) is 0 Å². The average molecular weight is 1080 g/mol. The second kappa shape index (κ2) is 24.8. The third-order valence-corrected chi connectivity index (χ3v) is 16.4. The number of esters is 1. The van der Waals surface area contributed by atoms with Gasteiger partial charge in [0.1, 0.15) is 110 Å². The van der Waals surface area contributed by atoms with E-state index in [1.54, 1.807) is 0 Å². The first-order valence-electron chi connectivity index (χ1n) is 25.6. The number of carbonyl (C=O) groups is 1. The molecule has 8 fully saturated rings. The van der Waals surface area contributed by atoms with Gasteiger partial charge < -0.3 is 134 Å². The summed E-state index contributed by atoms with van der Waals surface area (Å²) >= 11 is 0. The predicted molar refractivity (Wildman–Crippen MR) is 237 cm³/mol. The quantitative estimate of drug-likeness (QED) is 0.0567. The normalized spacial score (nSPS) is 53.5. The van der Waals surface area contributed by atoms with Gasteiger partial charge in [-0.1, -0.05) is 0 Å². The van der Waals surface area contributed by atoms with Gasteiger partial charge in [-0.3, -0.25) is 4.79 Å². The molecule has 428 valence electrons. The number of aliphatic hydroxyl groups is 19. The van der Waals surface area contributed by atoms with E-state index in [1.807, 2.05) is 0 Å². The molecule has 28 heteroatoms. The summed E-state index contributed by atoms with van der Waals surface area (Å²) in [5.74, 6) is -2.59. The highest BCUT2D eigenvalue weighted by Crippen LogP contribution is 2.44. The number of fused-ring (bicyclic) bond motifs is 1. The van der Waals surface area contributed by atoms with Crippen molar-refractivity contribution in [1.82, 2.24) is 0 Å².